The van der Waals surface area contributed by atoms with Crippen molar-refractivity contribution in [3.8, 4) is 11.5 Å². The Morgan fingerprint density at radius 1 is 0.750 bits per heavy atom. The zero-order valence-electron chi connectivity index (χ0n) is 13.0. The zero-order valence-corrected chi connectivity index (χ0v) is 13.0. The summed E-state index contributed by atoms with van der Waals surface area (Å²) in [6.07, 6.45) is 0. The van der Waals surface area contributed by atoms with Crippen LogP contribution in [0, 0.1) is 5.82 Å². The Bertz CT molecular complexity index is 993. The van der Waals surface area contributed by atoms with Gasteiger partial charge in [0.25, 0.3) is 0 Å². The van der Waals surface area contributed by atoms with Crippen molar-refractivity contribution in [3.05, 3.63) is 72.5 Å². The van der Waals surface area contributed by atoms with E-state index in [0.29, 0.717) is 6.61 Å². The highest BCUT2D eigenvalue weighted by Crippen LogP contribution is 2.28. The third-order valence-corrected chi connectivity index (χ3v) is 3.92. The Balaban J connectivity index is 1.43. The summed E-state index contributed by atoms with van der Waals surface area (Å²) in [5.74, 6) is 0.635. The number of H-pyrrole nitrogens is 1. The van der Waals surface area contributed by atoms with Crippen LogP contribution in [0.15, 0.2) is 66.7 Å². The number of rotatable bonds is 5. The molecule has 0 bridgehead atoms. The van der Waals surface area contributed by atoms with Gasteiger partial charge in [-0.05, 0) is 30.3 Å². The van der Waals surface area contributed by atoms with E-state index in [1.807, 2.05) is 30.3 Å². The van der Waals surface area contributed by atoms with Crippen LogP contribution in [0.2, 0.25) is 0 Å². The van der Waals surface area contributed by atoms with Crippen molar-refractivity contribution in [2.75, 3.05) is 13.2 Å². The summed E-state index contributed by atoms with van der Waals surface area (Å²) in [5.41, 5.74) is 2.14. The molecule has 3 nitrogen and oxygen atoms in total. The Morgan fingerprint density at radius 2 is 1.50 bits per heavy atom. The number of ether oxygens (including phenoxy) is 2. The van der Waals surface area contributed by atoms with Gasteiger partial charge in [0, 0.05) is 22.4 Å². The predicted octanol–water partition coefficient (Wildman–Crippen LogP) is 4.92. The van der Waals surface area contributed by atoms with Crippen LogP contribution in [0.1, 0.15) is 0 Å². The number of hydrogen-bond donors (Lipinski definition) is 1. The lowest BCUT2D eigenvalue weighted by Gasteiger charge is -2.09. The van der Waals surface area contributed by atoms with Gasteiger partial charge >= 0.3 is 0 Å². The fourth-order valence-electron chi connectivity index (χ4n) is 2.80. The molecule has 0 amide bonds. The Morgan fingerprint density at radius 3 is 2.42 bits per heavy atom. The SMILES string of the molecule is Fc1ccccc1OCCOc1ccc2c(c1)[nH]c1ccccc12. The van der Waals surface area contributed by atoms with Crippen LogP contribution in [-0.4, -0.2) is 18.2 Å². The van der Waals surface area contributed by atoms with Gasteiger partial charge in [-0.2, -0.15) is 0 Å². The van der Waals surface area contributed by atoms with Gasteiger partial charge in [-0.15, -0.1) is 0 Å². The van der Waals surface area contributed by atoms with Crippen LogP contribution >= 0.6 is 0 Å². The van der Waals surface area contributed by atoms with E-state index in [2.05, 4.69) is 17.1 Å². The fourth-order valence-corrected chi connectivity index (χ4v) is 2.80. The van der Waals surface area contributed by atoms with Gasteiger partial charge < -0.3 is 14.5 Å². The number of benzene rings is 3. The molecule has 0 spiro atoms. The van der Waals surface area contributed by atoms with E-state index in [1.54, 1.807) is 18.2 Å². The molecular weight excluding hydrogens is 305 g/mol. The molecule has 1 N–H and O–H groups in total. The lowest BCUT2D eigenvalue weighted by Crippen LogP contribution is -2.09. The van der Waals surface area contributed by atoms with E-state index in [0.717, 1.165) is 16.8 Å². The third-order valence-electron chi connectivity index (χ3n) is 3.92. The van der Waals surface area contributed by atoms with E-state index in [4.69, 9.17) is 9.47 Å². The molecule has 0 aliphatic heterocycles. The van der Waals surface area contributed by atoms with Crippen LogP contribution in [0.3, 0.4) is 0 Å². The molecule has 0 atom stereocenters. The van der Waals surface area contributed by atoms with Crippen LogP contribution in [0.5, 0.6) is 11.5 Å². The van der Waals surface area contributed by atoms with Crippen molar-refractivity contribution in [2.45, 2.75) is 0 Å². The van der Waals surface area contributed by atoms with E-state index < -0.39 is 0 Å². The molecule has 0 saturated carbocycles. The highest BCUT2D eigenvalue weighted by molar-refractivity contribution is 6.07. The monoisotopic (exact) mass is 321 g/mol. The lowest BCUT2D eigenvalue weighted by atomic mass is 10.1. The second-order valence-electron chi connectivity index (χ2n) is 5.51. The van der Waals surface area contributed by atoms with Crippen molar-refractivity contribution in [3.63, 3.8) is 0 Å². The lowest BCUT2D eigenvalue weighted by molar-refractivity contribution is 0.211. The number of fused-ring (bicyclic) bond motifs is 3. The Hall–Kier alpha value is -3.01. The summed E-state index contributed by atoms with van der Waals surface area (Å²) in [5, 5.41) is 2.36. The van der Waals surface area contributed by atoms with Crippen molar-refractivity contribution in [1.82, 2.24) is 4.98 Å². The molecule has 24 heavy (non-hydrogen) atoms. The second-order valence-corrected chi connectivity index (χ2v) is 5.51. The van der Waals surface area contributed by atoms with Gasteiger partial charge in [-0.1, -0.05) is 30.3 Å². The molecule has 0 unspecified atom stereocenters. The minimum absolute atomic E-state index is 0.243. The van der Waals surface area contributed by atoms with Crippen LogP contribution < -0.4 is 9.47 Å². The maximum absolute atomic E-state index is 13.4. The van der Waals surface area contributed by atoms with E-state index in [1.165, 1.54) is 16.8 Å². The van der Waals surface area contributed by atoms with Crippen molar-refractivity contribution < 1.29 is 13.9 Å². The topological polar surface area (TPSA) is 34.2 Å². The number of para-hydroxylation sites is 2. The molecule has 120 valence electrons. The molecule has 4 heteroatoms. The van der Waals surface area contributed by atoms with Gasteiger partial charge in [-0.3, -0.25) is 0 Å². The van der Waals surface area contributed by atoms with Crippen molar-refractivity contribution >= 4 is 21.8 Å². The first-order valence-electron chi connectivity index (χ1n) is 7.82. The molecule has 0 radical (unpaired) electrons. The average Bonchev–Trinajstić information content (AvgIpc) is 2.98. The quantitative estimate of drug-likeness (QED) is 0.530. The minimum atomic E-state index is -0.364. The number of aromatic nitrogens is 1. The standard InChI is InChI=1S/C20H16FNO2/c21-17-6-2-4-8-20(17)24-12-11-23-14-9-10-16-15-5-1-3-7-18(15)22-19(16)13-14/h1-10,13,22H,11-12H2. The fraction of sp³-hybridized carbons (Fsp3) is 0.100. The van der Waals surface area contributed by atoms with E-state index in [9.17, 15) is 4.39 Å². The summed E-state index contributed by atoms with van der Waals surface area (Å²) >= 11 is 0. The van der Waals surface area contributed by atoms with Gasteiger partial charge in [0.1, 0.15) is 19.0 Å². The maximum Gasteiger partial charge on any atom is 0.165 e. The zero-order chi connectivity index (χ0) is 16.4. The summed E-state index contributed by atoms with van der Waals surface area (Å²) in [6.45, 7) is 0.631. The molecule has 4 aromatic rings. The summed E-state index contributed by atoms with van der Waals surface area (Å²) in [7, 11) is 0. The second kappa shape index (κ2) is 6.24. The Kier molecular flexibility index (Phi) is 3.79. The number of halogens is 1. The maximum atomic E-state index is 13.4. The molecule has 1 heterocycles. The molecule has 0 aliphatic rings. The molecule has 1 aromatic heterocycles. The number of aromatic amines is 1. The first-order valence-corrected chi connectivity index (χ1v) is 7.82. The number of nitrogens with one attached hydrogen (secondary N) is 1. The molecular formula is C20H16FNO2. The normalized spacial score (nSPS) is 11.0. The van der Waals surface area contributed by atoms with Crippen LogP contribution in [0.4, 0.5) is 4.39 Å². The van der Waals surface area contributed by atoms with E-state index >= 15 is 0 Å². The first kappa shape index (κ1) is 14.6. The number of hydrogen-bond acceptors (Lipinski definition) is 2. The largest absolute Gasteiger partial charge is 0.490 e. The predicted molar refractivity (Wildman–Crippen MR) is 93.2 cm³/mol. The summed E-state index contributed by atoms with van der Waals surface area (Å²) in [4.78, 5) is 3.38. The first-order chi connectivity index (χ1) is 11.8. The van der Waals surface area contributed by atoms with Gasteiger partial charge in [0.15, 0.2) is 11.6 Å². The third kappa shape index (κ3) is 2.78. The molecule has 4 rings (SSSR count). The van der Waals surface area contributed by atoms with Crippen LogP contribution in [0.25, 0.3) is 21.8 Å². The Labute approximate surface area is 138 Å². The molecule has 0 fully saturated rings. The highest BCUT2D eigenvalue weighted by Gasteiger charge is 2.05. The minimum Gasteiger partial charge on any atom is -0.490 e. The van der Waals surface area contributed by atoms with Gasteiger partial charge in [0.2, 0.25) is 0 Å². The smallest absolute Gasteiger partial charge is 0.165 e. The molecule has 3 aromatic carbocycles. The average molecular weight is 321 g/mol. The van der Waals surface area contributed by atoms with Crippen molar-refractivity contribution in [2.24, 2.45) is 0 Å². The molecule has 0 aliphatic carbocycles. The molecule has 0 saturated heterocycles. The highest BCUT2D eigenvalue weighted by atomic mass is 19.1. The van der Waals surface area contributed by atoms with Gasteiger partial charge in [0.05, 0.1) is 5.52 Å². The van der Waals surface area contributed by atoms with Crippen molar-refractivity contribution in [1.29, 1.82) is 0 Å². The summed E-state index contributed by atoms with van der Waals surface area (Å²) in [6, 6.07) is 20.5. The summed E-state index contributed by atoms with van der Waals surface area (Å²) < 4.78 is 24.5. The van der Waals surface area contributed by atoms with Crippen LogP contribution in [-0.2, 0) is 0 Å². The van der Waals surface area contributed by atoms with E-state index in [-0.39, 0.29) is 18.2 Å². The van der Waals surface area contributed by atoms with Gasteiger partial charge in [-0.25, -0.2) is 4.39 Å².